The second-order valence-corrected chi connectivity index (χ2v) is 4.88. The molecule has 0 radical (unpaired) electrons. The Balaban J connectivity index is 2.94. The second-order valence-electron chi connectivity index (χ2n) is 4.88. The number of rotatable bonds is 5. The van der Waals surface area contributed by atoms with Gasteiger partial charge in [0.05, 0.1) is 0 Å². The first-order valence-electron chi connectivity index (χ1n) is 6.13. The third kappa shape index (κ3) is 4.92. The molecule has 0 amide bonds. The van der Waals surface area contributed by atoms with Crippen molar-refractivity contribution in [3.05, 3.63) is 11.8 Å². The van der Waals surface area contributed by atoms with Gasteiger partial charge in [0.25, 0.3) is 0 Å². The van der Waals surface area contributed by atoms with Gasteiger partial charge in [0.15, 0.2) is 5.69 Å². The van der Waals surface area contributed by atoms with Crippen LogP contribution in [-0.4, -0.2) is 23.1 Å². The number of nitrogens with zero attached hydrogens (tertiary/aromatic N) is 2. The zero-order chi connectivity index (χ0) is 14.6. The van der Waals surface area contributed by atoms with Crippen molar-refractivity contribution in [2.75, 3.05) is 17.7 Å². The number of anilines is 2. The van der Waals surface area contributed by atoms with Crippen molar-refractivity contribution >= 4 is 11.8 Å². The van der Waals surface area contributed by atoms with E-state index >= 15 is 0 Å². The molecular weight excluding hydrogens is 257 g/mol. The van der Waals surface area contributed by atoms with Gasteiger partial charge in [-0.3, -0.25) is 0 Å². The molecule has 0 aliphatic carbocycles. The van der Waals surface area contributed by atoms with Crippen molar-refractivity contribution < 1.29 is 13.2 Å². The number of hydrogen-bond donors (Lipinski definition) is 2. The minimum atomic E-state index is -4.48. The standard InChI is InChI=1S/C12H19F3N4/c1-7(2)5-8(3)17-10-6-9(12(13,14)15)18-11(16-4)19-10/h6-8H,5H2,1-4H3,(H2,16,17,18,19). The summed E-state index contributed by atoms with van der Waals surface area (Å²) in [5.74, 6) is 0.587. The molecule has 2 N–H and O–H groups in total. The van der Waals surface area contributed by atoms with E-state index in [4.69, 9.17) is 0 Å². The summed E-state index contributed by atoms with van der Waals surface area (Å²) >= 11 is 0. The Bertz CT molecular complexity index is 418. The number of halogens is 3. The predicted octanol–water partition coefficient (Wildman–Crippen LogP) is 3.38. The molecule has 1 aromatic rings. The smallest absolute Gasteiger partial charge is 0.367 e. The summed E-state index contributed by atoms with van der Waals surface area (Å²) in [4.78, 5) is 7.38. The molecule has 4 nitrogen and oxygen atoms in total. The lowest BCUT2D eigenvalue weighted by Crippen LogP contribution is -2.20. The first kappa shape index (κ1) is 15.5. The molecule has 0 aliphatic heterocycles. The molecule has 0 spiro atoms. The average molecular weight is 276 g/mol. The molecule has 0 bridgehead atoms. The van der Waals surface area contributed by atoms with Crippen LogP contribution in [0.1, 0.15) is 32.9 Å². The molecular formula is C12H19F3N4. The summed E-state index contributed by atoms with van der Waals surface area (Å²) < 4.78 is 38.1. The van der Waals surface area contributed by atoms with Crippen molar-refractivity contribution in [2.24, 2.45) is 5.92 Å². The molecule has 1 atom stereocenters. The van der Waals surface area contributed by atoms with Gasteiger partial charge < -0.3 is 10.6 Å². The molecule has 0 aromatic carbocycles. The first-order valence-corrected chi connectivity index (χ1v) is 6.13. The normalized spacial score (nSPS) is 13.5. The zero-order valence-electron chi connectivity index (χ0n) is 11.5. The molecule has 19 heavy (non-hydrogen) atoms. The average Bonchev–Trinajstić information content (AvgIpc) is 2.25. The van der Waals surface area contributed by atoms with E-state index in [0.29, 0.717) is 5.92 Å². The fourth-order valence-corrected chi connectivity index (χ4v) is 1.80. The maximum atomic E-state index is 12.7. The fraction of sp³-hybridized carbons (Fsp3) is 0.667. The molecule has 7 heteroatoms. The molecule has 108 valence electrons. The monoisotopic (exact) mass is 276 g/mol. The van der Waals surface area contributed by atoms with Crippen molar-refractivity contribution in [3.8, 4) is 0 Å². The zero-order valence-corrected chi connectivity index (χ0v) is 11.5. The summed E-state index contributed by atoms with van der Waals surface area (Å²) in [7, 11) is 1.48. The van der Waals surface area contributed by atoms with E-state index in [9.17, 15) is 13.2 Å². The Hall–Kier alpha value is -1.53. The van der Waals surface area contributed by atoms with Crippen LogP contribution in [-0.2, 0) is 6.18 Å². The number of aromatic nitrogens is 2. The van der Waals surface area contributed by atoms with Crippen LogP contribution in [0.25, 0.3) is 0 Å². The highest BCUT2D eigenvalue weighted by atomic mass is 19.4. The number of nitrogens with one attached hydrogen (secondary N) is 2. The molecule has 0 saturated carbocycles. The van der Waals surface area contributed by atoms with E-state index in [-0.39, 0.29) is 17.8 Å². The molecule has 0 saturated heterocycles. The van der Waals surface area contributed by atoms with Gasteiger partial charge in [-0.05, 0) is 19.3 Å². The molecule has 0 aliphatic rings. The van der Waals surface area contributed by atoms with Crippen molar-refractivity contribution in [1.29, 1.82) is 0 Å². The van der Waals surface area contributed by atoms with Gasteiger partial charge in [-0.25, -0.2) is 4.98 Å². The lowest BCUT2D eigenvalue weighted by atomic mass is 10.1. The third-order valence-electron chi connectivity index (χ3n) is 2.46. The molecule has 1 rings (SSSR count). The van der Waals surface area contributed by atoms with Crippen LogP contribution in [0.3, 0.4) is 0 Å². The maximum Gasteiger partial charge on any atom is 0.433 e. The van der Waals surface area contributed by atoms with E-state index in [1.54, 1.807) is 0 Å². The van der Waals surface area contributed by atoms with Crippen LogP contribution in [0.2, 0.25) is 0 Å². The van der Waals surface area contributed by atoms with Crippen molar-refractivity contribution in [3.63, 3.8) is 0 Å². The minimum Gasteiger partial charge on any atom is -0.367 e. The quantitative estimate of drug-likeness (QED) is 0.865. The lowest BCUT2D eigenvalue weighted by Gasteiger charge is -2.18. The predicted molar refractivity (Wildman–Crippen MR) is 69.1 cm³/mol. The molecule has 0 fully saturated rings. The first-order chi connectivity index (χ1) is 8.72. The molecule has 1 aromatic heterocycles. The van der Waals surface area contributed by atoms with Gasteiger partial charge in [-0.1, -0.05) is 13.8 Å². The van der Waals surface area contributed by atoms with E-state index in [1.807, 2.05) is 6.92 Å². The second kappa shape index (κ2) is 6.08. The Morgan fingerprint density at radius 2 is 1.84 bits per heavy atom. The van der Waals surface area contributed by atoms with E-state index in [0.717, 1.165) is 12.5 Å². The summed E-state index contributed by atoms with van der Waals surface area (Å²) in [6, 6.07) is 0.971. The SMILES string of the molecule is CNc1nc(NC(C)CC(C)C)cc(C(F)(F)F)n1. The highest BCUT2D eigenvalue weighted by molar-refractivity contribution is 5.43. The Morgan fingerprint density at radius 1 is 1.21 bits per heavy atom. The summed E-state index contributed by atoms with van der Waals surface area (Å²) in [6.45, 7) is 6.02. The summed E-state index contributed by atoms with van der Waals surface area (Å²) in [5.41, 5.74) is -0.953. The minimum absolute atomic E-state index is 0.0423. The van der Waals surface area contributed by atoms with E-state index < -0.39 is 11.9 Å². The Morgan fingerprint density at radius 3 is 2.32 bits per heavy atom. The van der Waals surface area contributed by atoms with Gasteiger partial charge in [-0.15, -0.1) is 0 Å². The van der Waals surface area contributed by atoms with Gasteiger partial charge in [0, 0.05) is 19.2 Å². The fourth-order valence-electron chi connectivity index (χ4n) is 1.80. The molecule has 1 unspecified atom stereocenters. The topological polar surface area (TPSA) is 49.8 Å². The van der Waals surface area contributed by atoms with Gasteiger partial charge in [-0.2, -0.15) is 18.2 Å². The van der Waals surface area contributed by atoms with Gasteiger partial charge in [0.1, 0.15) is 5.82 Å². The van der Waals surface area contributed by atoms with Crippen molar-refractivity contribution in [2.45, 2.75) is 39.4 Å². The van der Waals surface area contributed by atoms with Crippen LogP contribution in [0.15, 0.2) is 6.07 Å². The Kier molecular flexibility index (Phi) is 4.97. The van der Waals surface area contributed by atoms with E-state index in [2.05, 4.69) is 34.4 Å². The summed E-state index contributed by atoms with van der Waals surface area (Å²) in [5, 5.41) is 5.50. The highest BCUT2D eigenvalue weighted by Gasteiger charge is 2.33. The highest BCUT2D eigenvalue weighted by Crippen LogP contribution is 2.29. The third-order valence-corrected chi connectivity index (χ3v) is 2.46. The van der Waals surface area contributed by atoms with Gasteiger partial charge in [0.2, 0.25) is 5.95 Å². The van der Waals surface area contributed by atoms with Crippen LogP contribution in [0, 0.1) is 5.92 Å². The van der Waals surface area contributed by atoms with Gasteiger partial charge >= 0.3 is 6.18 Å². The number of hydrogen-bond acceptors (Lipinski definition) is 4. The van der Waals surface area contributed by atoms with Crippen LogP contribution in [0.5, 0.6) is 0 Å². The number of alkyl halides is 3. The van der Waals surface area contributed by atoms with Crippen molar-refractivity contribution in [1.82, 2.24) is 9.97 Å². The van der Waals surface area contributed by atoms with E-state index in [1.165, 1.54) is 7.05 Å². The van der Waals surface area contributed by atoms with Crippen LogP contribution in [0.4, 0.5) is 24.9 Å². The largest absolute Gasteiger partial charge is 0.433 e. The summed E-state index contributed by atoms with van der Waals surface area (Å²) in [6.07, 6.45) is -3.63. The maximum absolute atomic E-state index is 12.7. The molecule has 1 heterocycles. The van der Waals surface area contributed by atoms with Crippen LogP contribution < -0.4 is 10.6 Å². The Labute approximate surface area is 110 Å². The lowest BCUT2D eigenvalue weighted by molar-refractivity contribution is -0.141. The van der Waals surface area contributed by atoms with Crippen LogP contribution >= 0.6 is 0 Å².